The highest BCUT2D eigenvalue weighted by molar-refractivity contribution is 6.07. The van der Waals surface area contributed by atoms with Crippen molar-refractivity contribution in [3.8, 4) is 5.75 Å². The maximum absolute atomic E-state index is 11.4. The second-order valence-corrected chi connectivity index (χ2v) is 5.34. The van der Waals surface area contributed by atoms with Crippen LogP contribution in [0, 0.1) is 0 Å². The van der Waals surface area contributed by atoms with Gasteiger partial charge < -0.3 is 10.2 Å². The van der Waals surface area contributed by atoms with Crippen molar-refractivity contribution in [2.75, 3.05) is 0 Å². The summed E-state index contributed by atoms with van der Waals surface area (Å²) in [6.45, 7) is 2.05. The standard InChI is InChI=1S/C19H16O3/c1-12(13-7-3-2-4-8-13)16-11-17(20)18(19(21)22)15-10-6-5-9-14(15)16/h2-12,20H,1H3,(H,21,22). The minimum Gasteiger partial charge on any atom is -0.507 e. The summed E-state index contributed by atoms with van der Waals surface area (Å²) in [5.41, 5.74) is 2.00. The number of carboxylic acid groups (broad SMARTS) is 1. The van der Waals surface area contributed by atoms with Crippen LogP contribution in [0.2, 0.25) is 0 Å². The third-order valence-corrected chi connectivity index (χ3v) is 4.04. The summed E-state index contributed by atoms with van der Waals surface area (Å²) >= 11 is 0. The summed E-state index contributed by atoms with van der Waals surface area (Å²) in [5, 5.41) is 20.9. The van der Waals surface area contributed by atoms with Gasteiger partial charge in [0, 0.05) is 11.3 Å². The predicted molar refractivity (Wildman–Crippen MR) is 86.5 cm³/mol. The summed E-state index contributed by atoms with van der Waals surface area (Å²) in [7, 11) is 0. The van der Waals surface area contributed by atoms with Gasteiger partial charge in [-0.2, -0.15) is 0 Å². The van der Waals surface area contributed by atoms with Gasteiger partial charge in [0.15, 0.2) is 0 Å². The van der Waals surface area contributed by atoms with Crippen LogP contribution in [0.15, 0.2) is 60.7 Å². The number of carbonyl (C=O) groups is 1. The van der Waals surface area contributed by atoms with E-state index in [1.54, 1.807) is 18.2 Å². The topological polar surface area (TPSA) is 57.5 Å². The summed E-state index contributed by atoms with van der Waals surface area (Å²) in [6.07, 6.45) is 0. The first-order chi connectivity index (χ1) is 10.6. The molecule has 0 aliphatic carbocycles. The molecule has 0 spiro atoms. The molecule has 0 saturated heterocycles. The Kier molecular flexibility index (Phi) is 3.55. The predicted octanol–water partition coefficient (Wildman–Crippen LogP) is 4.40. The molecule has 0 amide bonds. The molecule has 1 unspecified atom stereocenters. The zero-order valence-electron chi connectivity index (χ0n) is 12.2. The van der Waals surface area contributed by atoms with Gasteiger partial charge in [0.05, 0.1) is 0 Å². The molecule has 0 heterocycles. The lowest BCUT2D eigenvalue weighted by Crippen LogP contribution is -2.03. The molecule has 2 N–H and O–H groups in total. The molecule has 3 rings (SSSR count). The van der Waals surface area contributed by atoms with E-state index in [1.807, 2.05) is 42.5 Å². The van der Waals surface area contributed by atoms with E-state index in [1.165, 1.54) is 0 Å². The highest BCUT2D eigenvalue weighted by Gasteiger charge is 2.20. The molecular formula is C19H16O3. The van der Waals surface area contributed by atoms with Crippen LogP contribution in [0.25, 0.3) is 10.8 Å². The molecule has 22 heavy (non-hydrogen) atoms. The highest BCUT2D eigenvalue weighted by Crippen LogP contribution is 2.36. The molecule has 0 saturated carbocycles. The molecule has 3 aromatic rings. The largest absolute Gasteiger partial charge is 0.507 e. The van der Waals surface area contributed by atoms with E-state index >= 15 is 0 Å². The maximum Gasteiger partial charge on any atom is 0.340 e. The maximum atomic E-state index is 11.4. The average Bonchev–Trinajstić information content (AvgIpc) is 2.53. The zero-order valence-corrected chi connectivity index (χ0v) is 12.2. The van der Waals surface area contributed by atoms with Crippen LogP contribution < -0.4 is 0 Å². The minimum atomic E-state index is -1.12. The Labute approximate surface area is 128 Å². The number of aromatic carboxylic acids is 1. The number of carboxylic acids is 1. The Morgan fingerprint density at radius 1 is 0.955 bits per heavy atom. The van der Waals surface area contributed by atoms with E-state index in [2.05, 4.69) is 6.92 Å². The van der Waals surface area contributed by atoms with Gasteiger partial charge in [-0.3, -0.25) is 0 Å². The molecule has 1 atom stereocenters. The summed E-state index contributed by atoms with van der Waals surface area (Å²) < 4.78 is 0. The minimum absolute atomic E-state index is 0.0420. The third-order valence-electron chi connectivity index (χ3n) is 4.04. The van der Waals surface area contributed by atoms with Gasteiger partial charge in [0.2, 0.25) is 0 Å². The number of hydrogen-bond acceptors (Lipinski definition) is 2. The van der Waals surface area contributed by atoms with E-state index < -0.39 is 5.97 Å². The summed E-state index contributed by atoms with van der Waals surface area (Å²) in [4.78, 5) is 11.4. The molecule has 0 radical (unpaired) electrons. The fraction of sp³-hybridized carbons (Fsp3) is 0.105. The molecule has 0 bridgehead atoms. The van der Waals surface area contributed by atoms with E-state index in [0.29, 0.717) is 5.39 Å². The van der Waals surface area contributed by atoms with Crippen LogP contribution in [-0.4, -0.2) is 16.2 Å². The quantitative estimate of drug-likeness (QED) is 0.752. The molecule has 3 heteroatoms. The average molecular weight is 292 g/mol. The van der Waals surface area contributed by atoms with Gasteiger partial charge in [-0.15, -0.1) is 0 Å². The Morgan fingerprint density at radius 2 is 1.55 bits per heavy atom. The van der Waals surface area contributed by atoms with Gasteiger partial charge in [-0.25, -0.2) is 4.79 Å². The SMILES string of the molecule is CC(c1ccccc1)c1cc(O)c(C(=O)O)c2ccccc12. The van der Waals surface area contributed by atoms with Crippen molar-refractivity contribution in [1.29, 1.82) is 0 Å². The third kappa shape index (κ3) is 2.31. The van der Waals surface area contributed by atoms with Crippen LogP contribution in [0.4, 0.5) is 0 Å². The molecule has 0 aromatic heterocycles. The van der Waals surface area contributed by atoms with Gasteiger partial charge in [0.25, 0.3) is 0 Å². The number of phenols is 1. The number of aromatic hydroxyl groups is 1. The Morgan fingerprint density at radius 3 is 2.18 bits per heavy atom. The van der Waals surface area contributed by atoms with E-state index in [4.69, 9.17) is 0 Å². The van der Waals surface area contributed by atoms with Gasteiger partial charge >= 0.3 is 5.97 Å². The summed E-state index contributed by atoms with van der Waals surface area (Å²) in [5.74, 6) is -1.25. The van der Waals surface area contributed by atoms with E-state index in [9.17, 15) is 15.0 Å². The Hall–Kier alpha value is -2.81. The molecule has 0 fully saturated rings. The molecule has 0 aliphatic rings. The molecule has 3 aromatic carbocycles. The van der Waals surface area contributed by atoms with Gasteiger partial charge in [-0.05, 0) is 22.6 Å². The van der Waals surface area contributed by atoms with Crippen molar-refractivity contribution < 1.29 is 15.0 Å². The molecule has 3 nitrogen and oxygen atoms in total. The number of benzene rings is 3. The van der Waals surface area contributed by atoms with Crippen molar-refractivity contribution in [3.05, 3.63) is 77.4 Å². The lowest BCUT2D eigenvalue weighted by Gasteiger charge is -2.17. The fourth-order valence-electron chi connectivity index (χ4n) is 2.89. The fourth-order valence-corrected chi connectivity index (χ4v) is 2.89. The number of rotatable bonds is 3. The van der Waals surface area contributed by atoms with Crippen molar-refractivity contribution in [2.24, 2.45) is 0 Å². The zero-order chi connectivity index (χ0) is 15.7. The van der Waals surface area contributed by atoms with Gasteiger partial charge in [0.1, 0.15) is 11.3 Å². The summed E-state index contributed by atoms with van der Waals surface area (Å²) in [6, 6.07) is 18.8. The van der Waals surface area contributed by atoms with Crippen molar-refractivity contribution in [3.63, 3.8) is 0 Å². The molecule has 0 aliphatic heterocycles. The van der Waals surface area contributed by atoms with Gasteiger partial charge in [-0.1, -0.05) is 61.5 Å². The first kappa shape index (κ1) is 14.1. The first-order valence-electron chi connectivity index (χ1n) is 7.12. The second-order valence-electron chi connectivity index (χ2n) is 5.34. The Bertz CT molecular complexity index is 838. The molecular weight excluding hydrogens is 276 g/mol. The number of fused-ring (bicyclic) bond motifs is 1. The van der Waals surface area contributed by atoms with Crippen molar-refractivity contribution in [1.82, 2.24) is 0 Å². The van der Waals surface area contributed by atoms with Crippen LogP contribution in [0.1, 0.15) is 34.3 Å². The smallest absolute Gasteiger partial charge is 0.340 e. The molecule has 110 valence electrons. The second kappa shape index (κ2) is 5.53. The van der Waals surface area contributed by atoms with Crippen molar-refractivity contribution >= 4 is 16.7 Å². The lowest BCUT2D eigenvalue weighted by molar-refractivity contribution is 0.0696. The van der Waals surface area contributed by atoms with Crippen LogP contribution in [-0.2, 0) is 0 Å². The van der Waals surface area contributed by atoms with Crippen molar-refractivity contribution in [2.45, 2.75) is 12.8 Å². The normalized spacial score (nSPS) is 12.2. The first-order valence-corrected chi connectivity index (χ1v) is 7.12. The van der Waals surface area contributed by atoms with Crippen LogP contribution in [0.5, 0.6) is 5.75 Å². The van der Waals surface area contributed by atoms with Crippen LogP contribution in [0.3, 0.4) is 0 Å². The lowest BCUT2D eigenvalue weighted by atomic mass is 9.87. The van der Waals surface area contributed by atoms with E-state index in [-0.39, 0.29) is 17.2 Å². The number of hydrogen-bond donors (Lipinski definition) is 2. The van der Waals surface area contributed by atoms with Crippen LogP contribution >= 0.6 is 0 Å². The monoisotopic (exact) mass is 292 g/mol. The highest BCUT2D eigenvalue weighted by atomic mass is 16.4. The van der Waals surface area contributed by atoms with E-state index in [0.717, 1.165) is 16.5 Å². The Balaban J connectivity index is 2.28.